The molecule has 0 aliphatic carbocycles. The van der Waals surface area contributed by atoms with E-state index in [1.807, 2.05) is 25.1 Å². The van der Waals surface area contributed by atoms with E-state index in [-0.39, 0.29) is 11.9 Å². The van der Waals surface area contributed by atoms with Crippen LogP contribution in [0, 0.1) is 0 Å². The number of nitrogens with one attached hydrogen (secondary N) is 1. The van der Waals surface area contributed by atoms with Crippen LogP contribution in [0.4, 0.5) is 5.95 Å². The number of allylic oxidation sites excluding steroid dienone is 1. The molecule has 2 aromatic carbocycles. The van der Waals surface area contributed by atoms with Gasteiger partial charge in [-0.15, -0.1) is 11.8 Å². The van der Waals surface area contributed by atoms with Gasteiger partial charge in [-0.1, -0.05) is 24.3 Å². The Kier molecular flexibility index (Phi) is 4.44. The predicted octanol–water partition coefficient (Wildman–Crippen LogP) is 4.14. The van der Waals surface area contributed by atoms with E-state index < -0.39 is 0 Å². The van der Waals surface area contributed by atoms with E-state index in [1.165, 1.54) is 4.90 Å². The summed E-state index contributed by atoms with van der Waals surface area (Å²) < 4.78 is 2.13. The van der Waals surface area contributed by atoms with E-state index in [0.717, 1.165) is 33.8 Å². The number of rotatable bonds is 3. The molecule has 138 valence electrons. The molecule has 6 heteroatoms. The zero-order valence-electron chi connectivity index (χ0n) is 15.9. The Labute approximate surface area is 163 Å². The van der Waals surface area contributed by atoms with Gasteiger partial charge in [-0.2, -0.15) is 0 Å². The van der Waals surface area contributed by atoms with Gasteiger partial charge in [0.05, 0.1) is 22.6 Å². The van der Waals surface area contributed by atoms with E-state index in [4.69, 9.17) is 4.98 Å². The molecule has 1 aliphatic rings. The van der Waals surface area contributed by atoms with Gasteiger partial charge in [-0.05, 0) is 43.0 Å². The zero-order chi connectivity index (χ0) is 19.1. The molecule has 3 aromatic rings. The highest BCUT2D eigenvalue weighted by atomic mass is 32.2. The van der Waals surface area contributed by atoms with Crippen molar-refractivity contribution in [2.75, 3.05) is 25.7 Å². The third-order valence-corrected chi connectivity index (χ3v) is 5.64. The van der Waals surface area contributed by atoms with E-state index in [9.17, 15) is 4.79 Å². The molecule has 1 N–H and O–H groups in total. The topological polar surface area (TPSA) is 50.2 Å². The molecule has 27 heavy (non-hydrogen) atoms. The number of thioether (sulfide) groups is 1. The van der Waals surface area contributed by atoms with Gasteiger partial charge in [0.25, 0.3) is 5.91 Å². The van der Waals surface area contributed by atoms with Crippen LogP contribution < -0.4 is 5.32 Å². The number of imidazole rings is 1. The van der Waals surface area contributed by atoms with Crippen LogP contribution in [0.25, 0.3) is 11.0 Å². The number of benzene rings is 2. The number of anilines is 1. The number of carbonyl (C=O) groups is 1. The van der Waals surface area contributed by atoms with Crippen LogP contribution in [0.2, 0.25) is 0 Å². The minimum atomic E-state index is -0.223. The van der Waals surface area contributed by atoms with Crippen LogP contribution in [0.15, 0.2) is 64.7 Å². The molecule has 0 saturated carbocycles. The van der Waals surface area contributed by atoms with Crippen LogP contribution in [0.1, 0.15) is 18.5 Å². The summed E-state index contributed by atoms with van der Waals surface area (Å²) in [5.74, 6) is 0.769. The van der Waals surface area contributed by atoms with E-state index >= 15 is 0 Å². The second-order valence-corrected chi connectivity index (χ2v) is 7.71. The van der Waals surface area contributed by atoms with Gasteiger partial charge in [0.2, 0.25) is 5.95 Å². The van der Waals surface area contributed by atoms with Gasteiger partial charge in [0, 0.05) is 24.7 Å². The minimum absolute atomic E-state index is 0.00220. The fourth-order valence-electron chi connectivity index (χ4n) is 3.58. The van der Waals surface area contributed by atoms with Crippen molar-refractivity contribution >= 4 is 34.7 Å². The van der Waals surface area contributed by atoms with Crippen LogP contribution in [0.5, 0.6) is 0 Å². The van der Waals surface area contributed by atoms with Gasteiger partial charge in [-0.25, -0.2) is 4.98 Å². The lowest BCUT2D eigenvalue weighted by molar-refractivity contribution is -0.125. The molecular weight excluding hydrogens is 356 g/mol. The fraction of sp³-hybridized carbons (Fsp3) is 0.238. The highest BCUT2D eigenvalue weighted by molar-refractivity contribution is 7.98. The first-order chi connectivity index (χ1) is 13.0. The quantitative estimate of drug-likeness (QED) is 0.696. The molecule has 0 bridgehead atoms. The lowest BCUT2D eigenvalue weighted by Crippen LogP contribution is -2.34. The molecule has 1 aromatic heterocycles. The normalized spacial score (nSPS) is 16.2. The van der Waals surface area contributed by atoms with Crippen molar-refractivity contribution in [2.45, 2.75) is 17.9 Å². The highest BCUT2D eigenvalue weighted by Crippen LogP contribution is 2.39. The summed E-state index contributed by atoms with van der Waals surface area (Å²) >= 11 is 1.71. The molecule has 0 radical (unpaired) electrons. The lowest BCUT2D eigenvalue weighted by Gasteiger charge is -2.32. The maximum absolute atomic E-state index is 13.1. The Morgan fingerprint density at radius 1 is 1.15 bits per heavy atom. The van der Waals surface area contributed by atoms with Crippen molar-refractivity contribution in [1.82, 2.24) is 14.5 Å². The van der Waals surface area contributed by atoms with Crippen molar-refractivity contribution in [1.29, 1.82) is 0 Å². The monoisotopic (exact) mass is 378 g/mol. The third kappa shape index (κ3) is 2.90. The SMILES string of the molecule is CSc1ccc(C2C(C(=O)N(C)C)=C(C)Nc3nc4ccccc4n32)cc1. The van der Waals surface area contributed by atoms with Gasteiger partial charge in [0.15, 0.2) is 0 Å². The smallest absolute Gasteiger partial charge is 0.253 e. The average Bonchev–Trinajstić information content (AvgIpc) is 3.04. The molecule has 4 rings (SSSR count). The molecule has 1 unspecified atom stereocenters. The Morgan fingerprint density at radius 3 is 2.52 bits per heavy atom. The number of amides is 1. The first kappa shape index (κ1) is 17.7. The number of nitrogens with zero attached hydrogens (tertiary/aromatic N) is 3. The van der Waals surface area contributed by atoms with Crippen molar-refractivity contribution in [3.05, 3.63) is 65.4 Å². The second kappa shape index (κ2) is 6.78. The van der Waals surface area contributed by atoms with E-state index in [1.54, 1.807) is 30.8 Å². The Balaban J connectivity index is 1.97. The standard InChI is InChI=1S/C21H22N4OS/c1-13-18(20(26)24(2)3)19(14-9-11-15(27-4)12-10-14)25-17-8-6-5-7-16(17)23-21(25)22-13/h5-12,19H,1-4H3,(H,22,23). The number of likely N-dealkylation sites (N-methyl/N-ethyl adjacent to an activating group) is 1. The summed E-state index contributed by atoms with van der Waals surface area (Å²) in [4.78, 5) is 20.6. The molecule has 0 spiro atoms. The summed E-state index contributed by atoms with van der Waals surface area (Å²) in [5, 5.41) is 3.34. The summed E-state index contributed by atoms with van der Waals surface area (Å²) in [7, 11) is 3.58. The van der Waals surface area contributed by atoms with Crippen LogP contribution in [-0.4, -0.2) is 40.7 Å². The van der Waals surface area contributed by atoms with Gasteiger partial charge >= 0.3 is 0 Å². The maximum atomic E-state index is 13.1. The molecule has 1 amide bonds. The van der Waals surface area contributed by atoms with E-state index in [2.05, 4.69) is 46.5 Å². The second-order valence-electron chi connectivity index (χ2n) is 6.83. The fourth-order valence-corrected chi connectivity index (χ4v) is 3.99. The number of hydrogen-bond acceptors (Lipinski definition) is 4. The van der Waals surface area contributed by atoms with Crippen molar-refractivity contribution < 1.29 is 4.79 Å². The minimum Gasteiger partial charge on any atom is -0.345 e. The van der Waals surface area contributed by atoms with Crippen LogP contribution in [-0.2, 0) is 4.79 Å². The molecule has 0 saturated heterocycles. The van der Waals surface area contributed by atoms with E-state index in [0.29, 0.717) is 0 Å². The van der Waals surface area contributed by atoms with Crippen LogP contribution >= 0.6 is 11.8 Å². The maximum Gasteiger partial charge on any atom is 0.253 e. The molecule has 5 nitrogen and oxygen atoms in total. The molecule has 2 heterocycles. The van der Waals surface area contributed by atoms with Crippen molar-refractivity contribution in [2.24, 2.45) is 0 Å². The number of para-hydroxylation sites is 2. The highest BCUT2D eigenvalue weighted by Gasteiger charge is 2.34. The average molecular weight is 379 g/mol. The van der Waals surface area contributed by atoms with Crippen molar-refractivity contribution in [3.63, 3.8) is 0 Å². The third-order valence-electron chi connectivity index (χ3n) is 4.90. The number of aromatic nitrogens is 2. The van der Waals surface area contributed by atoms with Gasteiger partial charge in [-0.3, -0.25) is 9.36 Å². The summed E-state index contributed by atoms with van der Waals surface area (Å²) in [6.45, 7) is 1.95. The predicted molar refractivity (Wildman–Crippen MR) is 111 cm³/mol. The lowest BCUT2D eigenvalue weighted by atomic mass is 9.94. The first-order valence-corrected chi connectivity index (χ1v) is 10.0. The number of fused-ring (bicyclic) bond motifs is 3. The Morgan fingerprint density at radius 2 is 1.85 bits per heavy atom. The first-order valence-electron chi connectivity index (χ1n) is 8.81. The van der Waals surface area contributed by atoms with Gasteiger partial charge < -0.3 is 10.2 Å². The molecular formula is C21H22N4OS. The largest absolute Gasteiger partial charge is 0.345 e. The Bertz CT molecular complexity index is 1050. The number of hydrogen-bond donors (Lipinski definition) is 1. The van der Waals surface area contributed by atoms with Gasteiger partial charge in [0.1, 0.15) is 0 Å². The molecule has 1 atom stereocenters. The summed E-state index contributed by atoms with van der Waals surface area (Å²) in [5.41, 5.74) is 4.58. The van der Waals surface area contributed by atoms with Crippen molar-refractivity contribution in [3.8, 4) is 0 Å². The van der Waals surface area contributed by atoms with Crippen LogP contribution in [0.3, 0.4) is 0 Å². The zero-order valence-corrected chi connectivity index (χ0v) is 16.7. The summed E-state index contributed by atoms with van der Waals surface area (Å²) in [6.07, 6.45) is 2.06. The summed E-state index contributed by atoms with van der Waals surface area (Å²) in [6, 6.07) is 16.2. The molecule has 0 fully saturated rings. The molecule has 1 aliphatic heterocycles. The number of carbonyl (C=O) groups excluding carboxylic acids is 1. The Hall–Kier alpha value is -2.73.